The van der Waals surface area contributed by atoms with Gasteiger partial charge in [0.05, 0.1) is 18.2 Å². The van der Waals surface area contributed by atoms with E-state index in [0.29, 0.717) is 27.8 Å². The summed E-state index contributed by atoms with van der Waals surface area (Å²) in [5.41, 5.74) is 2.21. The van der Waals surface area contributed by atoms with Crippen LogP contribution in [0.25, 0.3) is 6.08 Å². The van der Waals surface area contributed by atoms with E-state index in [1.165, 1.54) is 13.2 Å². The summed E-state index contributed by atoms with van der Waals surface area (Å²) in [6.45, 7) is 5.95. The van der Waals surface area contributed by atoms with Gasteiger partial charge in [-0.25, -0.2) is 0 Å². The van der Waals surface area contributed by atoms with Gasteiger partial charge in [-0.05, 0) is 55.2 Å². The highest BCUT2D eigenvalue weighted by Crippen LogP contribution is 2.38. The van der Waals surface area contributed by atoms with Crippen LogP contribution in [0.5, 0.6) is 11.5 Å². The number of nitrogens with one attached hydrogen (secondary N) is 1. The lowest BCUT2D eigenvalue weighted by atomic mass is 10.1. The maximum atomic E-state index is 12.6. The van der Waals surface area contributed by atoms with Crippen LogP contribution in [0.15, 0.2) is 42.0 Å². The largest absolute Gasteiger partial charge is 0.493 e. The molecule has 5 nitrogen and oxygen atoms in total. The first-order valence-electron chi connectivity index (χ1n) is 9.48. The maximum absolute atomic E-state index is 12.6. The number of aryl methyl sites for hydroxylation is 1. The Bertz CT molecular complexity index is 948. The molecule has 2 aromatic rings. The van der Waals surface area contributed by atoms with Crippen molar-refractivity contribution in [3.05, 3.63) is 58.1 Å². The van der Waals surface area contributed by atoms with Gasteiger partial charge in [0.25, 0.3) is 5.91 Å². The number of carbonyl (C=O) groups excluding carboxylic acids is 1. The molecule has 0 saturated heterocycles. The molecule has 0 saturated carbocycles. The Hall–Kier alpha value is -2.97. The van der Waals surface area contributed by atoms with E-state index >= 15 is 0 Å². The average molecular weight is 413 g/mol. The zero-order valence-corrected chi connectivity index (χ0v) is 17.8. The molecular formula is C23H25ClN2O3. The number of hydrogen-bond donors (Lipinski definition) is 1. The summed E-state index contributed by atoms with van der Waals surface area (Å²) in [5.74, 6) is 0.405. The third kappa shape index (κ3) is 5.75. The lowest BCUT2D eigenvalue weighted by Gasteiger charge is -2.17. The highest BCUT2D eigenvalue weighted by Gasteiger charge is 2.16. The molecule has 0 aliphatic rings. The van der Waals surface area contributed by atoms with Crippen molar-refractivity contribution in [2.75, 3.05) is 12.4 Å². The van der Waals surface area contributed by atoms with E-state index in [1.54, 1.807) is 12.1 Å². The minimum absolute atomic E-state index is 0.0260. The third-order valence-corrected chi connectivity index (χ3v) is 4.75. The molecule has 1 N–H and O–H groups in total. The molecule has 0 aliphatic heterocycles. The summed E-state index contributed by atoms with van der Waals surface area (Å²) in [6.07, 6.45) is 3.04. The molecule has 0 fully saturated rings. The number of rotatable bonds is 8. The molecule has 0 spiro atoms. The quantitative estimate of drug-likeness (QED) is 0.450. The Morgan fingerprint density at radius 2 is 2.03 bits per heavy atom. The van der Waals surface area contributed by atoms with E-state index in [2.05, 4.69) is 5.32 Å². The minimum Gasteiger partial charge on any atom is -0.493 e. The predicted molar refractivity (Wildman–Crippen MR) is 116 cm³/mol. The molecule has 2 rings (SSSR count). The van der Waals surface area contributed by atoms with Crippen molar-refractivity contribution in [1.82, 2.24) is 0 Å². The van der Waals surface area contributed by atoms with Gasteiger partial charge in [0.15, 0.2) is 11.5 Å². The van der Waals surface area contributed by atoms with E-state index in [0.717, 1.165) is 18.4 Å². The van der Waals surface area contributed by atoms with Gasteiger partial charge in [0.2, 0.25) is 0 Å². The fraction of sp³-hybridized carbons (Fsp3) is 0.304. The molecule has 0 aliphatic carbocycles. The Balaban J connectivity index is 2.33. The van der Waals surface area contributed by atoms with Gasteiger partial charge in [-0.15, -0.1) is 0 Å². The maximum Gasteiger partial charge on any atom is 0.266 e. The van der Waals surface area contributed by atoms with Crippen LogP contribution < -0.4 is 14.8 Å². The number of anilines is 1. The van der Waals surface area contributed by atoms with Crippen molar-refractivity contribution < 1.29 is 14.3 Å². The predicted octanol–water partition coefficient (Wildman–Crippen LogP) is 5.63. The van der Waals surface area contributed by atoms with E-state index < -0.39 is 5.91 Å². The Morgan fingerprint density at radius 3 is 2.66 bits per heavy atom. The zero-order valence-electron chi connectivity index (χ0n) is 17.1. The number of ether oxygens (including phenoxy) is 2. The van der Waals surface area contributed by atoms with Crippen LogP contribution >= 0.6 is 11.6 Å². The topological polar surface area (TPSA) is 71.4 Å². The van der Waals surface area contributed by atoms with Gasteiger partial charge in [-0.2, -0.15) is 5.26 Å². The van der Waals surface area contributed by atoms with Crippen LogP contribution in [0.2, 0.25) is 5.02 Å². The first kappa shape index (κ1) is 22.3. The number of nitriles is 1. The van der Waals surface area contributed by atoms with Crippen LogP contribution in [0.4, 0.5) is 5.69 Å². The van der Waals surface area contributed by atoms with Crippen molar-refractivity contribution in [2.24, 2.45) is 0 Å². The number of benzene rings is 2. The lowest BCUT2D eigenvalue weighted by Crippen LogP contribution is -2.14. The molecule has 0 bridgehead atoms. The monoisotopic (exact) mass is 412 g/mol. The van der Waals surface area contributed by atoms with Crippen LogP contribution in [-0.4, -0.2) is 19.1 Å². The summed E-state index contributed by atoms with van der Waals surface area (Å²) in [7, 11) is 1.52. The number of amides is 1. The normalized spacial score (nSPS) is 12.1. The molecular weight excluding hydrogens is 388 g/mol. The van der Waals surface area contributed by atoms with Crippen LogP contribution in [-0.2, 0) is 11.2 Å². The van der Waals surface area contributed by atoms with E-state index in [9.17, 15) is 10.1 Å². The van der Waals surface area contributed by atoms with Crippen molar-refractivity contribution in [1.29, 1.82) is 5.26 Å². The summed E-state index contributed by atoms with van der Waals surface area (Å²) in [5, 5.41) is 12.6. The SMILES string of the molecule is CCc1ccccc1NC(=O)C(C#N)=Cc1cc(Cl)c(OC(C)CC)c(OC)c1. The number of halogens is 1. The molecule has 29 heavy (non-hydrogen) atoms. The lowest BCUT2D eigenvalue weighted by molar-refractivity contribution is -0.112. The summed E-state index contributed by atoms with van der Waals surface area (Å²) >= 11 is 6.37. The van der Waals surface area contributed by atoms with Crippen molar-refractivity contribution in [2.45, 2.75) is 39.7 Å². The second-order valence-electron chi connectivity index (χ2n) is 6.51. The second-order valence-corrected chi connectivity index (χ2v) is 6.91. The van der Waals surface area contributed by atoms with Crippen LogP contribution in [0, 0.1) is 11.3 Å². The third-order valence-electron chi connectivity index (χ3n) is 4.47. The van der Waals surface area contributed by atoms with Gasteiger partial charge in [-0.1, -0.05) is 43.6 Å². The first-order chi connectivity index (χ1) is 13.9. The first-order valence-corrected chi connectivity index (χ1v) is 9.86. The number of hydrogen-bond acceptors (Lipinski definition) is 4. The molecule has 1 amide bonds. The highest BCUT2D eigenvalue weighted by atomic mass is 35.5. The van der Waals surface area contributed by atoms with Crippen LogP contribution in [0.1, 0.15) is 38.3 Å². The molecule has 2 aromatic carbocycles. The van der Waals surface area contributed by atoms with Gasteiger partial charge in [0.1, 0.15) is 11.6 Å². The minimum atomic E-state index is -0.483. The summed E-state index contributed by atoms with van der Waals surface area (Å²) in [6, 6.07) is 12.8. The zero-order chi connectivity index (χ0) is 21.4. The molecule has 6 heteroatoms. The van der Waals surface area contributed by atoms with Gasteiger partial charge in [0, 0.05) is 5.69 Å². The molecule has 0 aromatic heterocycles. The van der Waals surface area contributed by atoms with Gasteiger partial charge >= 0.3 is 0 Å². The molecule has 0 heterocycles. The fourth-order valence-electron chi connectivity index (χ4n) is 2.68. The number of methoxy groups -OCH3 is 1. The number of carbonyl (C=O) groups is 1. The van der Waals surface area contributed by atoms with Crippen molar-refractivity contribution >= 4 is 29.3 Å². The average Bonchev–Trinajstić information content (AvgIpc) is 2.73. The van der Waals surface area contributed by atoms with Crippen molar-refractivity contribution in [3.63, 3.8) is 0 Å². The summed E-state index contributed by atoms with van der Waals surface area (Å²) < 4.78 is 11.2. The Morgan fingerprint density at radius 1 is 1.31 bits per heavy atom. The smallest absolute Gasteiger partial charge is 0.266 e. The van der Waals surface area contributed by atoms with Gasteiger partial charge < -0.3 is 14.8 Å². The standard InChI is InChI=1S/C23H25ClN2O3/c1-5-15(3)29-22-19(24)12-16(13-21(22)28-4)11-18(14-25)23(27)26-20-10-8-7-9-17(20)6-2/h7-13,15H,5-6H2,1-4H3,(H,26,27). The van der Waals surface area contributed by atoms with Crippen LogP contribution in [0.3, 0.4) is 0 Å². The molecule has 0 radical (unpaired) electrons. The number of para-hydroxylation sites is 1. The molecule has 1 atom stereocenters. The molecule has 152 valence electrons. The molecule has 1 unspecified atom stereocenters. The fourth-order valence-corrected chi connectivity index (χ4v) is 2.94. The Kier molecular flexibility index (Phi) is 8.11. The second kappa shape index (κ2) is 10.5. The number of nitrogens with zero attached hydrogens (tertiary/aromatic N) is 1. The van der Waals surface area contributed by atoms with E-state index in [1.807, 2.05) is 51.1 Å². The summed E-state index contributed by atoms with van der Waals surface area (Å²) in [4.78, 5) is 12.6. The van der Waals surface area contributed by atoms with Crippen molar-refractivity contribution in [3.8, 4) is 17.6 Å². The van der Waals surface area contributed by atoms with E-state index in [-0.39, 0.29) is 11.7 Å². The van der Waals surface area contributed by atoms with E-state index in [4.69, 9.17) is 21.1 Å². The van der Waals surface area contributed by atoms with Gasteiger partial charge in [-0.3, -0.25) is 4.79 Å². The Labute approximate surface area is 176 Å². The highest BCUT2D eigenvalue weighted by molar-refractivity contribution is 6.32.